The first-order valence-electron chi connectivity index (χ1n) is 9.57. The largest absolute Gasteiger partial charge is 0.489 e. The number of ether oxygens (including phenoxy) is 1. The molecule has 5 nitrogen and oxygen atoms in total. The standard InChI is InChI=1S/C23H23N3O2/c27-23(19-8-13-22(24-16-19)26-14-4-5-15-26)25-20-9-11-21(12-10-20)28-17-18-6-2-1-3-7-18/h1-3,6-13,16H,4-5,14-15,17H2,(H,25,27). The molecule has 2 aromatic carbocycles. The van der Waals surface area contributed by atoms with Gasteiger partial charge in [0.1, 0.15) is 18.2 Å². The lowest BCUT2D eigenvalue weighted by Gasteiger charge is -2.16. The molecule has 0 saturated carbocycles. The van der Waals surface area contributed by atoms with E-state index in [4.69, 9.17) is 4.74 Å². The molecule has 1 aliphatic heterocycles. The predicted molar refractivity (Wildman–Crippen MR) is 111 cm³/mol. The fourth-order valence-electron chi connectivity index (χ4n) is 3.23. The van der Waals surface area contributed by atoms with Crippen molar-refractivity contribution in [1.82, 2.24) is 4.98 Å². The van der Waals surface area contributed by atoms with Crippen LogP contribution >= 0.6 is 0 Å². The van der Waals surface area contributed by atoms with Crippen molar-refractivity contribution in [2.45, 2.75) is 19.4 Å². The summed E-state index contributed by atoms with van der Waals surface area (Å²) >= 11 is 0. The Bertz CT molecular complexity index is 903. The number of hydrogen-bond acceptors (Lipinski definition) is 4. The van der Waals surface area contributed by atoms with Gasteiger partial charge in [-0.15, -0.1) is 0 Å². The van der Waals surface area contributed by atoms with Gasteiger partial charge in [-0.3, -0.25) is 4.79 Å². The van der Waals surface area contributed by atoms with Crippen LogP contribution in [0.15, 0.2) is 72.9 Å². The minimum absolute atomic E-state index is 0.168. The Balaban J connectivity index is 1.32. The minimum Gasteiger partial charge on any atom is -0.489 e. The van der Waals surface area contributed by atoms with E-state index >= 15 is 0 Å². The molecule has 0 aliphatic carbocycles. The van der Waals surface area contributed by atoms with Gasteiger partial charge in [0, 0.05) is 25.0 Å². The van der Waals surface area contributed by atoms with Gasteiger partial charge in [-0.05, 0) is 54.8 Å². The average molecular weight is 373 g/mol. The van der Waals surface area contributed by atoms with Crippen molar-refractivity contribution in [1.29, 1.82) is 0 Å². The fraction of sp³-hybridized carbons (Fsp3) is 0.217. The number of amides is 1. The third kappa shape index (κ3) is 4.49. The van der Waals surface area contributed by atoms with Crippen LogP contribution in [-0.4, -0.2) is 24.0 Å². The normalized spacial score (nSPS) is 13.4. The summed E-state index contributed by atoms with van der Waals surface area (Å²) in [6.45, 7) is 2.59. The quantitative estimate of drug-likeness (QED) is 0.691. The average Bonchev–Trinajstić information content (AvgIpc) is 3.29. The summed E-state index contributed by atoms with van der Waals surface area (Å²) in [5, 5.41) is 2.90. The molecule has 2 heterocycles. The van der Waals surface area contributed by atoms with Crippen LogP contribution in [-0.2, 0) is 6.61 Å². The van der Waals surface area contributed by atoms with Gasteiger partial charge in [0.05, 0.1) is 5.56 Å². The van der Waals surface area contributed by atoms with Crippen molar-refractivity contribution in [3.63, 3.8) is 0 Å². The van der Waals surface area contributed by atoms with Crippen molar-refractivity contribution in [3.05, 3.63) is 84.1 Å². The minimum atomic E-state index is -0.168. The summed E-state index contributed by atoms with van der Waals surface area (Å²) in [4.78, 5) is 19.1. The molecule has 3 aromatic rings. The monoisotopic (exact) mass is 373 g/mol. The van der Waals surface area contributed by atoms with E-state index in [1.807, 2.05) is 66.7 Å². The number of carbonyl (C=O) groups is 1. The van der Waals surface area contributed by atoms with Crippen LogP contribution in [0.1, 0.15) is 28.8 Å². The molecule has 4 rings (SSSR count). The van der Waals surface area contributed by atoms with E-state index in [1.165, 1.54) is 12.8 Å². The van der Waals surface area contributed by atoms with Gasteiger partial charge in [0.2, 0.25) is 0 Å². The number of nitrogens with one attached hydrogen (secondary N) is 1. The van der Waals surface area contributed by atoms with Gasteiger partial charge in [-0.1, -0.05) is 30.3 Å². The van der Waals surface area contributed by atoms with Crippen molar-refractivity contribution in [2.24, 2.45) is 0 Å². The Morgan fingerprint density at radius 1 is 0.964 bits per heavy atom. The Kier molecular flexibility index (Phi) is 5.52. The highest BCUT2D eigenvalue weighted by Gasteiger charge is 2.14. The molecule has 0 radical (unpaired) electrons. The summed E-state index contributed by atoms with van der Waals surface area (Å²) in [6.07, 6.45) is 4.05. The number of aromatic nitrogens is 1. The van der Waals surface area contributed by atoms with E-state index in [1.54, 1.807) is 6.20 Å². The molecule has 1 aliphatic rings. The number of hydrogen-bond donors (Lipinski definition) is 1. The van der Waals surface area contributed by atoms with Crippen LogP contribution in [0, 0.1) is 0 Å². The van der Waals surface area contributed by atoms with Gasteiger partial charge in [-0.2, -0.15) is 0 Å². The zero-order valence-electron chi connectivity index (χ0n) is 15.7. The summed E-state index contributed by atoms with van der Waals surface area (Å²) < 4.78 is 5.77. The highest BCUT2D eigenvalue weighted by atomic mass is 16.5. The Hall–Kier alpha value is -3.34. The van der Waals surface area contributed by atoms with Crippen molar-refractivity contribution < 1.29 is 9.53 Å². The SMILES string of the molecule is O=C(Nc1ccc(OCc2ccccc2)cc1)c1ccc(N2CCCC2)nc1. The van der Waals surface area contributed by atoms with Gasteiger partial charge in [0.25, 0.3) is 5.91 Å². The Morgan fingerprint density at radius 2 is 1.71 bits per heavy atom. The lowest BCUT2D eigenvalue weighted by Crippen LogP contribution is -2.19. The van der Waals surface area contributed by atoms with Crippen LogP contribution in [0.2, 0.25) is 0 Å². The predicted octanol–water partition coefficient (Wildman–Crippen LogP) is 4.51. The lowest BCUT2D eigenvalue weighted by molar-refractivity contribution is 0.102. The molecule has 0 bridgehead atoms. The number of anilines is 2. The van der Waals surface area contributed by atoms with Crippen molar-refractivity contribution in [2.75, 3.05) is 23.3 Å². The van der Waals surface area contributed by atoms with E-state index in [9.17, 15) is 4.79 Å². The molecule has 5 heteroatoms. The van der Waals surface area contributed by atoms with Gasteiger partial charge in [0.15, 0.2) is 0 Å². The molecular formula is C23H23N3O2. The van der Waals surface area contributed by atoms with Crippen LogP contribution < -0.4 is 15.0 Å². The molecule has 0 unspecified atom stereocenters. The summed E-state index contributed by atoms with van der Waals surface area (Å²) in [5.41, 5.74) is 2.39. The van der Waals surface area contributed by atoms with Gasteiger partial charge >= 0.3 is 0 Å². The third-order valence-corrected chi connectivity index (χ3v) is 4.80. The van der Waals surface area contributed by atoms with E-state index in [0.717, 1.165) is 35.9 Å². The fourth-order valence-corrected chi connectivity index (χ4v) is 3.23. The highest BCUT2D eigenvalue weighted by molar-refractivity contribution is 6.04. The molecule has 142 valence electrons. The zero-order valence-corrected chi connectivity index (χ0v) is 15.7. The van der Waals surface area contributed by atoms with E-state index in [-0.39, 0.29) is 5.91 Å². The smallest absolute Gasteiger partial charge is 0.257 e. The maximum atomic E-state index is 12.4. The van der Waals surface area contributed by atoms with E-state index in [2.05, 4.69) is 15.2 Å². The highest BCUT2D eigenvalue weighted by Crippen LogP contribution is 2.20. The van der Waals surface area contributed by atoms with Crippen molar-refractivity contribution >= 4 is 17.4 Å². The second kappa shape index (κ2) is 8.57. The first kappa shape index (κ1) is 18.0. The first-order chi connectivity index (χ1) is 13.8. The second-order valence-electron chi connectivity index (χ2n) is 6.85. The molecule has 0 atom stereocenters. The summed E-state index contributed by atoms with van der Waals surface area (Å²) in [5.74, 6) is 1.53. The number of rotatable bonds is 6. The molecule has 1 amide bonds. The number of carbonyl (C=O) groups excluding carboxylic acids is 1. The Labute approximate surface area is 165 Å². The topological polar surface area (TPSA) is 54.5 Å². The molecule has 1 aromatic heterocycles. The zero-order chi connectivity index (χ0) is 19.2. The molecular weight excluding hydrogens is 350 g/mol. The van der Waals surface area contributed by atoms with E-state index < -0.39 is 0 Å². The summed E-state index contributed by atoms with van der Waals surface area (Å²) in [7, 11) is 0. The maximum Gasteiger partial charge on any atom is 0.257 e. The second-order valence-corrected chi connectivity index (χ2v) is 6.85. The third-order valence-electron chi connectivity index (χ3n) is 4.80. The molecule has 1 saturated heterocycles. The van der Waals surface area contributed by atoms with Crippen LogP contribution in [0.3, 0.4) is 0 Å². The van der Waals surface area contributed by atoms with Gasteiger partial charge < -0.3 is 15.0 Å². The van der Waals surface area contributed by atoms with Crippen LogP contribution in [0.5, 0.6) is 5.75 Å². The first-order valence-corrected chi connectivity index (χ1v) is 9.57. The number of pyridine rings is 1. The van der Waals surface area contributed by atoms with Crippen LogP contribution in [0.25, 0.3) is 0 Å². The Morgan fingerprint density at radius 3 is 2.39 bits per heavy atom. The summed E-state index contributed by atoms with van der Waals surface area (Å²) in [6, 6.07) is 21.1. The molecule has 28 heavy (non-hydrogen) atoms. The molecule has 1 N–H and O–H groups in total. The van der Waals surface area contributed by atoms with Crippen molar-refractivity contribution in [3.8, 4) is 5.75 Å². The van der Waals surface area contributed by atoms with Crippen LogP contribution in [0.4, 0.5) is 11.5 Å². The van der Waals surface area contributed by atoms with E-state index in [0.29, 0.717) is 12.2 Å². The molecule has 1 fully saturated rings. The number of benzene rings is 2. The number of nitrogens with zero attached hydrogens (tertiary/aromatic N) is 2. The maximum absolute atomic E-state index is 12.4. The lowest BCUT2D eigenvalue weighted by atomic mass is 10.2. The molecule has 0 spiro atoms. The van der Waals surface area contributed by atoms with Gasteiger partial charge in [-0.25, -0.2) is 4.98 Å².